The van der Waals surface area contributed by atoms with Gasteiger partial charge >= 0.3 is 5.97 Å². The average Bonchev–Trinajstić information content (AvgIpc) is 2.36. The SMILES string of the molecule is Cc1ccc2ccccc2c1CCC(C)CC(=O)O. The molecule has 0 aliphatic carbocycles. The van der Waals surface area contributed by atoms with Crippen LogP contribution in [-0.2, 0) is 11.2 Å². The van der Waals surface area contributed by atoms with Gasteiger partial charge in [-0.05, 0) is 47.6 Å². The Hall–Kier alpha value is -1.83. The first-order valence-electron chi connectivity index (χ1n) is 6.77. The van der Waals surface area contributed by atoms with E-state index in [1.807, 2.05) is 6.92 Å². The number of hydrogen-bond acceptors (Lipinski definition) is 1. The molecule has 0 spiro atoms. The number of fused-ring (bicyclic) bond motifs is 1. The van der Waals surface area contributed by atoms with Crippen LogP contribution in [0.15, 0.2) is 36.4 Å². The highest BCUT2D eigenvalue weighted by molar-refractivity contribution is 5.86. The molecule has 2 rings (SSSR count). The van der Waals surface area contributed by atoms with E-state index in [0.29, 0.717) is 0 Å². The van der Waals surface area contributed by atoms with Crippen LogP contribution in [0.4, 0.5) is 0 Å². The first kappa shape index (κ1) is 13.6. The molecular formula is C17H20O2. The van der Waals surface area contributed by atoms with Crippen molar-refractivity contribution in [3.05, 3.63) is 47.5 Å². The molecule has 0 heterocycles. The maximum atomic E-state index is 10.7. The molecule has 100 valence electrons. The lowest BCUT2D eigenvalue weighted by Crippen LogP contribution is -2.06. The number of carboxylic acid groups (broad SMARTS) is 1. The van der Waals surface area contributed by atoms with E-state index in [0.717, 1.165) is 12.8 Å². The van der Waals surface area contributed by atoms with Gasteiger partial charge < -0.3 is 5.11 Å². The second kappa shape index (κ2) is 5.87. The fraction of sp³-hybridized carbons (Fsp3) is 0.353. The predicted molar refractivity (Wildman–Crippen MR) is 78.4 cm³/mol. The molecule has 0 bridgehead atoms. The summed E-state index contributed by atoms with van der Waals surface area (Å²) in [5, 5.41) is 11.4. The summed E-state index contributed by atoms with van der Waals surface area (Å²) in [4.78, 5) is 10.7. The average molecular weight is 256 g/mol. The summed E-state index contributed by atoms with van der Waals surface area (Å²) < 4.78 is 0. The molecule has 1 unspecified atom stereocenters. The highest BCUT2D eigenvalue weighted by Gasteiger charge is 2.10. The van der Waals surface area contributed by atoms with Crippen LogP contribution in [0.1, 0.15) is 30.9 Å². The summed E-state index contributed by atoms with van der Waals surface area (Å²) >= 11 is 0. The van der Waals surface area contributed by atoms with Gasteiger partial charge in [0.15, 0.2) is 0 Å². The molecule has 19 heavy (non-hydrogen) atoms. The summed E-state index contributed by atoms with van der Waals surface area (Å²) in [6.07, 6.45) is 2.12. The summed E-state index contributed by atoms with van der Waals surface area (Å²) in [7, 11) is 0. The second-order valence-corrected chi connectivity index (χ2v) is 5.32. The quantitative estimate of drug-likeness (QED) is 0.870. The fourth-order valence-corrected chi connectivity index (χ4v) is 2.57. The van der Waals surface area contributed by atoms with Crippen molar-refractivity contribution < 1.29 is 9.90 Å². The van der Waals surface area contributed by atoms with Gasteiger partial charge in [0, 0.05) is 6.42 Å². The summed E-state index contributed by atoms with van der Waals surface area (Å²) in [5.74, 6) is -0.488. The van der Waals surface area contributed by atoms with Crippen molar-refractivity contribution in [1.29, 1.82) is 0 Å². The first-order chi connectivity index (χ1) is 9.08. The smallest absolute Gasteiger partial charge is 0.303 e. The van der Waals surface area contributed by atoms with Crippen LogP contribution in [0.2, 0.25) is 0 Å². The monoisotopic (exact) mass is 256 g/mol. The Balaban J connectivity index is 2.20. The third-order valence-corrected chi connectivity index (χ3v) is 3.69. The van der Waals surface area contributed by atoms with Crippen LogP contribution in [0.25, 0.3) is 10.8 Å². The number of carbonyl (C=O) groups is 1. The third-order valence-electron chi connectivity index (χ3n) is 3.69. The zero-order valence-corrected chi connectivity index (χ0v) is 11.5. The number of carboxylic acids is 1. The van der Waals surface area contributed by atoms with Gasteiger partial charge in [-0.3, -0.25) is 4.79 Å². The molecule has 0 amide bonds. The molecule has 0 fully saturated rings. The highest BCUT2D eigenvalue weighted by Crippen LogP contribution is 2.25. The van der Waals surface area contributed by atoms with Crippen molar-refractivity contribution in [1.82, 2.24) is 0 Å². The molecule has 0 radical (unpaired) electrons. The topological polar surface area (TPSA) is 37.3 Å². The minimum Gasteiger partial charge on any atom is -0.481 e. The van der Waals surface area contributed by atoms with Crippen molar-refractivity contribution in [2.24, 2.45) is 5.92 Å². The Kier molecular flexibility index (Phi) is 4.20. The van der Waals surface area contributed by atoms with E-state index in [1.165, 1.54) is 21.9 Å². The molecule has 0 saturated heterocycles. The van der Waals surface area contributed by atoms with Crippen LogP contribution >= 0.6 is 0 Å². The molecule has 0 aromatic heterocycles. The van der Waals surface area contributed by atoms with Gasteiger partial charge in [0.05, 0.1) is 0 Å². The maximum absolute atomic E-state index is 10.7. The van der Waals surface area contributed by atoms with Crippen molar-refractivity contribution in [2.75, 3.05) is 0 Å². The van der Waals surface area contributed by atoms with E-state index < -0.39 is 5.97 Å². The van der Waals surface area contributed by atoms with E-state index in [4.69, 9.17) is 5.11 Å². The van der Waals surface area contributed by atoms with Crippen molar-refractivity contribution in [3.8, 4) is 0 Å². The Morgan fingerprint density at radius 2 is 1.95 bits per heavy atom. The van der Waals surface area contributed by atoms with E-state index in [2.05, 4.69) is 43.3 Å². The Bertz CT molecular complexity index is 587. The van der Waals surface area contributed by atoms with E-state index >= 15 is 0 Å². The minimum absolute atomic E-state index is 0.218. The van der Waals surface area contributed by atoms with Gasteiger partial charge in [0.1, 0.15) is 0 Å². The lowest BCUT2D eigenvalue weighted by molar-refractivity contribution is -0.138. The van der Waals surface area contributed by atoms with E-state index in [-0.39, 0.29) is 12.3 Å². The molecule has 0 saturated carbocycles. The summed E-state index contributed by atoms with van der Waals surface area (Å²) in [6, 6.07) is 12.7. The van der Waals surface area contributed by atoms with Gasteiger partial charge in [0.2, 0.25) is 0 Å². The first-order valence-corrected chi connectivity index (χ1v) is 6.77. The highest BCUT2D eigenvalue weighted by atomic mass is 16.4. The van der Waals surface area contributed by atoms with Gasteiger partial charge in [0.25, 0.3) is 0 Å². The molecule has 2 aromatic carbocycles. The number of rotatable bonds is 5. The zero-order valence-electron chi connectivity index (χ0n) is 11.5. The van der Waals surface area contributed by atoms with Crippen molar-refractivity contribution in [3.63, 3.8) is 0 Å². The predicted octanol–water partition coefficient (Wildman–Crippen LogP) is 4.19. The van der Waals surface area contributed by atoms with Crippen LogP contribution in [0.5, 0.6) is 0 Å². The minimum atomic E-state index is -0.706. The summed E-state index contributed by atoms with van der Waals surface area (Å²) in [5.41, 5.74) is 2.65. The number of hydrogen-bond donors (Lipinski definition) is 1. The molecule has 0 aliphatic rings. The Labute approximate surface area is 114 Å². The second-order valence-electron chi connectivity index (χ2n) is 5.32. The maximum Gasteiger partial charge on any atom is 0.303 e. The molecule has 2 nitrogen and oxygen atoms in total. The van der Waals surface area contributed by atoms with Gasteiger partial charge in [-0.25, -0.2) is 0 Å². The molecule has 1 N–H and O–H groups in total. The summed E-state index contributed by atoms with van der Waals surface area (Å²) in [6.45, 7) is 4.14. The zero-order chi connectivity index (χ0) is 13.8. The van der Waals surface area contributed by atoms with Crippen LogP contribution in [0, 0.1) is 12.8 Å². The number of benzene rings is 2. The van der Waals surface area contributed by atoms with Crippen LogP contribution < -0.4 is 0 Å². The molecular weight excluding hydrogens is 236 g/mol. The van der Waals surface area contributed by atoms with Gasteiger partial charge in [-0.2, -0.15) is 0 Å². The van der Waals surface area contributed by atoms with E-state index in [1.54, 1.807) is 0 Å². The normalized spacial score (nSPS) is 12.5. The van der Waals surface area contributed by atoms with Gasteiger partial charge in [-0.15, -0.1) is 0 Å². The van der Waals surface area contributed by atoms with Gasteiger partial charge in [-0.1, -0.05) is 43.3 Å². The van der Waals surface area contributed by atoms with E-state index in [9.17, 15) is 4.79 Å². The van der Waals surface area contributed by atoms with Crippen LogP contribution in [0.3, 0.4) is 0 Å². The number of aryl methyl sites for hydroxylation is 2. The fourth-order valence-electron chi connectivity index (χ4n) is 2.57. The van der Waals surface area contributed by atoms with Crippen LogP contribution in [-0.4, -0.2) is 11.1 Å². The number of aliphatic carboxylic acids is 1. The molecule has 0 aliphatic heterocycles. The Morgan fingerprint density at radius 1 is 1.21 bits per heavy atom. The molecule has 1 atom stereocenters. The third kappa shape index (κ3) is 3.34. The van der Waals surface area contributed by atoms with Crippen molar-refractivity contribution >= 4 is 16.7 Å². The molecule has 2 heteroatoms. The largest absolute Gasteiger partial charge is 0.481 e. The Morgan fingerprint density at radius 3 is 2.68 bits per heavy atom. The lowest BCUT2D eigenvalue weighted by atomic mass is 9.92. The lowest BCUT2D eigenvalue weighted by Gasteiger charge is -2.13. The van der Waals surface area contributed by atoms with Crippen molar-refractivity contribution in [2.45, 2.75) is 33.1 Å². The molecule has 2 aromatic rings. The standard InChI is InChI=1S/C17H20O2/c1-12(11-17(18)19)7-10-15-13(2)8-9-14-5-3-4-6-16(14)15/h3-6,8-9,12H,7,10-11H2,1-2H3,(H,18,19).